The third-order valence-corrected chi connectivity index (χ3v) is 7.00. The maximum absolute atomic E-state index is 14.0. The molecule has 1 heterocycles. The van der Waals surface area contributed by atoms with Crippen LogP contribution in [0.25, 0.3) is 0 Å². The van der Waals surface area contributed by atoms with Gasteiger partial charge in [-0.2, -0.15) is 0 Å². The Balaban J connectivity index is 2.19. The Morgan fingerprint density at radius 2 is 1.39 bits per heavy atom. The maximum atomic E-state index is 14.0. The number of aliphatic hydroxyl groups excluding tert-OH is 1. The molecule has 0 aliphatic carbocycles. The number of aliphatic hydroxyl groups is 1. The molecule has 0 fully saturated rings. The SMILES string of the molecule is C[n+]1cccc([C@@H](O)P(=O)(c2ccccc2)c2ccccc2)c1. The molecular weight excluding hydrogens is 305 g/mol. The van der Waals surface area contributed by atoms with Gasteiger partial charge >= 0.3 is 0 Å². The van der Waals surface area contributed by atoms with Gasteiger partial charge in [0.05, 0.1) is 5.56 Å². The minimum absolute atomic E-state index is 0.644. The van der Waals surface area contributed by atoms with Gasteiger partial charge in [-0.15, -0.1) is 0 Å². The molecule has 116 valence electrons. The third-order valence-electron chi connectivity index (χ3n) is 3.88. The number of hydrogen-bond donors (Lipinski definition) is 1. The van der Waals surface area contributed by atoms with E-state index in [1.807, 2.05) is 96.8 Å². The summed E-state index contributed by atoms with van der Waals surface area (Å²) < 4.78 is 15.8. The van der Waals surface area contributed by atoms with Crippen molar-refractivity contribution in [2.24, 2.45) is 7.05 Å². The van der Waals surface area contributed by atoms with E-state index in [1.54, 1.807) is 0 Å². The number of rotatable bonds is 4. The second-order valence-electron chi connectivity index (χ2n) is 5.51. The van der Waals surface area contributed by atoms with Gasteiger partial charge in [0.15, 0.2) is 19.5 Å². The second-order valence-corrected chi connectivity index (χ2v) is 8.34. The molecule has 0 aliphatic rings. The highest BCUT2D eigenvalue weighted by Gasteiger charge is 2.37. The lowest BCUT2D eigenvalue weighted by atomic mass is 10.3. The summed E-state index contributed by atoms with van der Waals surface area (Å²) in [4.78, 5) is 0. The fourth-order valence-electron chi connectivity index (χ4n) is 2.70. The molecule has 0 radical (unpaired) electrons. The normalized spacial score (nSPS) is 12.8. The molecule has 0 bridgehead atoms. The lowest BCUT2D eigenvalue weighted by Gasteiger charge is -2.24. The van der Waals surface area contributed by atoms with E-state index >= 15 is 0 Å². The predicted molar refractivity (Wildman–Crippen MR) is 92.3 cm³/mol. The average molecular weight is 324 g/mol. The molecule has 3 aromatic rings. The van der Waals surface area contributed by atoms with Crippen molar-refractivity contribution in [1.29, 1.82) is 0 Å². The summed E-state index contributed by atoms with van der Waals surface area (Å²) >= 11 is 0. The summed E-state index contributed by atoms with van der Waals surface area (Å²) in [5.41, 5.74) is 0.644. The van der Waals surface area contributed by atoms with Gasteiger partial charge in [-0.05, 0) is 6.07 Å². The minimum Gasteiger partial charge on any atom is -0.380 e. The van der Waals surface area contributed by atoms with Crippen LogP contribution in [0.4, 0.5) is 0 Å². The van der Waals surface area contributed by atoms with Crippen LogP contribution in [0.3, 0.4) is 0 Å². The number of pyridine rings is 1. The summed E-state index contributed by atoms with van der Waals surface area (Å²) in [7, 11) is -1.33. The lowest BCUT2D eigenvalue weighted by molar-refractivity contribution is -0.672. The van der Waals surface area contributed by atoms with Crippen molar-refractivity contribution in [2.45, 2.75) is 5.85 Å². The first-order valence-electron chi connectivity index (χ1n) is 7.46. The molecule has 1 aromatic heterocycles. The van der Waals surface area contributed by atoms with Crippen molar-refractivity contribution < 1.29 is 14.2 Å². The van der Waals surface area contributed by atoms with Gasteiger partial charge in [0, 0.05) is 16.7 Å². The molecular formula is C19H19NO2P+. The molecule has 0 amide bonds. The van der Waals surface area contributed by atoms with Crippen LogP contribution in [0.5, 0.6) is 0 Å². The Morgan fingerprint density at radius 1 is 0.870 bits per heavy atom. The zero-order valence-corrected chi connectivity index (χ0v) is 13.8. The van der Waals surface area contributed by atoms with Crippen LogP contribution in [-0.2, 0) is 11.6 Å². The molecule has 0 spiro atoms. The van der Waals surface area contributed by atoms with Gasteiger partial charge in [0.1, 0.15) is 12.9 Å². The fraction of sp³-hybridized carbons (Fsp3) is 0.105. The summed E-state index contributed by atoms with van der Waals surface area (Å²) in [6.07, 6.45) is 3.69. The average Bonchev–Trinajstić information content (AvgIpc) is 2.62. The summed E-state index contributed by atoms with van der Waals surface area (Å²) in [5.74, 6) is -1.08. The standard InChI is InChI=1S/C19H19NO2P/c1-20-14-8-9-16(15-20)19(21)23(22,17-10-4-2-5-11-17)18-12-6-3-7-13-18/h2-15,19,21H,1H3/q+1/t19-/m0/s1. The van der Waals surface area contributed by atoms with E-state index in [4.69, 9.17) is 0 Å². The van der Waals surface area contributed by atoms with E-state index in [0.717, 1.165) is 0 Å². The van der Waals surface area contributed by atoms with Crippen molar-refractivity contribution in [3.63, 3.8) is 0 Å². The van der Waals surface area contributed by atoms with E-state index < -0.39 is 13.0 Å². The minimum atomic E-state index is -3.21. The van der Waals surface area contributed by atoms with Gasteiger partial charge in [-0.1, -0.05) is 60.7 Å². The molecule has 0 saturated heterocycles. The highest BCUT2D eigenvalue weighted by molar-refractivity contribution is 7.78. The highest BCUT2D eigenvalue weighted by Crippen LogP contribution is 2.55. The first kappa shape index (κ1) is 15.7. The van der Waals surface area contributed by atoms with Crippen LogP contribution in [0, 0.1) is 0 Å². The Bertz CT molecular complexity index is 791. The fourth-order valence-corrected chi connectivity index (χ4v) is 5.37. The van der Waals surface area contributed by atoms with Crippen molar-refractivity contribution in [3.8, 4) is 0 Å². The summed E-state index contributed by atoms with van der Waals surface area (Å²) in [6, 6.07) is 22.1. The van der Waals surface area contributed by atoms with Crippen LogP contribution in [0.15, 0.2) is 85.2 Å². The van der Waals surface area contributed by atoms with Crippen molar-refractivity contribution in [1.82, 2.24) is 0 Å². The van der Waals surface area contributed by atoms with Gasteiger partial charge in [-0.25, -0.2) is 4.57 Å². The van der Waals surface area contributed by atoms with Crippen LogP contribution >= 0.6 is 7.14 Å². The molecule has 4 heteroatoms. The van der Waals surface area contributed by atoms with E-state index in [2.05, 4.69) is 0 Å². The first-order valence-corrected chi connectivity index (χ1v) is 9.24. The number of aryl methyl sites for hydroxylation is 1. The van der Waals surface area contributed by atoms with Crippen molar-refractivity contribution in [3.05, 3.63) is 90.8 Å². The largest absolute Gasteiger partial charge is 0.380 e. The maximum Gasteiger partial charge on any atom is 0.174 e. The molecule has 3 rings (SSSR count). The second kappa shape index (κ2) is 6.49. The molecule has 0 saturated carbocycles. The smallest absolute Gasteiger partial charge is 0.174 e. The van der Waals surface area contributed by atoms with E-state index in [9.17, 15) is 9.67 Å². The zero-order chi connectivity index (χ0) is 16.3. The summed E-state index contributed by atoms with van der Waals surface area (Å²) in [6.45, 7) is 0. The molecule has 1 atom stereocenters. The van der Waals surface area contributed by atoms with Gasteiger partial charge in [0.25, 0.3) is 0 Å². The zero-order valence-electron chi connectivity index (χ0n) is 12.9. The molecule has 1 N–H and O–H groups in total. The molecule has 3 nitrogen and oxygen atoms in total. The molecule has 2 aromatic carbocycles. The molecule has 23 heavy (non-hydrogen) atoms. The Hall–Kier alpha value is -2.22. The van der Waals surface area contributed by atoms with Crippen LogP contribution < -0.4 is 15.2 Å². The lowest BCUT2D eigenvalue weighted by Crippen LogP contribution is -2.29. The van der Waals surface area contributed by atoms with Crippen molar-refractivity contribution >= 4 is 17.8 Å². The summed E-state index contributed by atoms with van der Waals surface area (Å²) in [5, 5.41) is 12.3. The highest BCUT2D eigenvalue weighted by atomic mass is 31.2. The van der Waals surface area contributed by atoms with Crippen LogP contribution in [-0.4, -0.2) is 5.11 Å². The Kier molecular flexibility index (Phi) is 4.42. The Morgan fingerprint density at radius 3 is 1.87 bits per heavy atom. The predicted octanol–water partition coefficient (Wildman–Crippen LogP) is 2.52. The van der Waals surface area contributed by atoms with Gasteiger partial charge in [-0.3, -0.25) is 0 Å². The van der Waals surface area contributed by atoms with E-state index in [1.165, 1.54) is 0 Å². The number of aromatic nitrogens is 1. The van der Waals surface area contributed by atoms with E-state index in [-0.39, 0.29) is 0 Å². The van der Waals surface area contributed by atoms with E-state index in [0.29, 0.717) is 16.2 Å². The third kappa shape index (κ3) is 2.98. The van der Waals surface area contributed by atoms with Gasteiger partial charge < -0.3 is 9.67 Å². The van der Waals surface area contributed by atoms with Crippen LogP contribution in [0.2, 0.25) is 0 Å². The topological polar surface area (TPSA) is 41.2 Å². The number of benzene rings is 2. The molecule has 0 aliphatic heterocycles. The monoisotopic (exact) mass is 324 g/mol. The number of hydrogen-bond acceptors (Lipinski definition) is 2. The number of nitrogens with zero attached hydrogens (tertiary/aromatic N) is 1. The quantitative estimate of drug-likeness (QED) is 0.592. The molecule has 0 unspecified atom stereocenters. The van der Waals surface area contributed by atoms with Crippen molar-refractivity contribution in [2.75, 3.05) is 0 Å². The first-order chi connectivity index (χ1) is 11.1. The van der Waals surface area contributed by atoms with Gasteiger partial charge in [0.2, 0.25) is 0 Å². The Labute approximate surface area is 136 Å². The van der Waals surface area contributed by atoms with Crippen LogP contribution in [0.1, 0.15) is 11.4 Å².